The van der Waals surface area contributed by atoms with E-state index in [4.69, 9.17) is 0 Å². The van der Waals surface area contributed by atoms with E-state index in [1.54, 1.807) is 18.2 Å². The predicted octanol–water partition coefficient (Wildman–Crippen LogP) is 2.80. The predicted molar refractivity (Wildman–Crippen MR) is 109 cm³/mol. The maximum absolute atomic E-state index is 12.3. The molecule has 27 heavy (non-hydrogen) atoms. The Morgan fingerprint density at radius 1 is 1.22 bits per heavy atom. The molecule has 1 fully saturated rings. The number of hydrogen-bond acceptors (Lipinski definition) is 6. The molecule has 1 aliphatic rings. The number of aromatic nitrogens is 1. The summed E-state index contributed by atoms with van der Waals surface area (Å²) in [5.74, 6) is -0.0755. The Kier molecular flexibility index (Phi) is 6.80. The topological polar surface area (TPSA) is 91.4 Å². The number of likely N-dealkylation sites (tertiary alicyclic amines) is 1. The highest BCUT2D eigenvalue weighted by Gasteiger charge is 2.17. The molecule has 1 aromatic heterocycles. The highest BCUT2D eigenvalue weighted by atomic mass is 32.2. The summed E-state index contributed by atoms with van der Waals surface area (Å²) in [6.45, 7) is 4.60. The van der Waals surface area contributed by atoms with Gasteiger partial charge in [0.2, 0.25) is 15.9 Å². The minimum absolute atomic E-state index is 0.0755. The number of anilines is 1. The van der Waals surface area contributed by atoms with Crippen LogP contribution in [0.15, 0.2) is 23.1 Å². The first kappa shape index (κ1) is 20.2. The second kappa shape index (κ2) is 9.09. The fraction of sp³-hybridized carbons (Fsp3) is 0.556. The Labute approximate surface area is 164 Å². The van der Waals surface area contributed by atoms with E-state index < -0.39 is 10.0 Å². The molecule has 1 saturated heterocycles. The van der Waals surface area contributed by atoms with Crippen LogP contribution in [0.1, 0.15) is 39.0 Å². The number of benzene rings is 1. The van der Waals surface area contributed by atoms with Gasteiger partial charge < -0.3 is 5.32 Å². The van der Waals surface area contributed by atoms with E-state index in [2.05, 4.69) is 19.9 Å². The number of fused-ring (bicyclic) bond motifs is 1. The second-order valence-electron chi connectivity index (χ2n) is 6.78. The number of sulfonamides is 1. The lowest BCUT2D eigenvalue weighted by Crippen LogP contribution is -2.33. The molecular weight excluding hydrogens is 384 g/mol. The van der Waals surface area contributed by atoms with E-state index in [0.29, 0.717) is 23.7 Å². The van der Waals surface area contributed by atoms with E-state index in [1.165, 1.54) is 24.2 Å². The summed E-state index contributed by atoms with van der Waals surface area (Å²) in [5.41, 5.74) is 0.680. The maximum Gasteiger partial charge on any atom is 0.240 e. The van der Waals surface area contributed by atoms with E-state index in [0.717, 1.165) is 37.1 Å². The molecule has 0 radical (unpaired) electrons. The summed E-state index contributed by atoms with van der Waals surface area (Å²) in [4.78, 5) is 19.1. The van der Waals surface area contributed by atoms with Crippen LogP contribution in [-0.2, 0) is 14.8 Å². The molecule has 1 aromatic carbocycles. The van der Waals surface area contributed by atoms with Gasteiger partial charge in [-0.1, -0.05) is 31.1 Å². The highest BCUT2D eigenvalue weighted by molar-refractivity contribution is 7.89. The van der Waals surface area contributed by atoms with Crippen molar-refractivity contribution in [2.45, 2.75) is 43.9 Å². The second-order valence-corrected chi connectivity index (χ2v) is 9.58. The average molecular weight is 411 g/mol. The first-order valence-corrected chi connectivity index (χ1v) is 11.7. The van der Waals surface area contributed by atoms with Crippen molar-refractivity contribution in [1.82, 2.24) is 14.6 Å². The van der Waals surface area contributed by atoms with Crippen LogP contribution in [0.5, 0.6) is 0 Å². The summed E-state index contributed by atoms with van der Waals surface area (Å²) < 4.78 is 27.8. The normalized spacial score (nSPS) is 16.3. The van der Waals surface area contributed by atoms with Crippen molar-refractivity contribution in [3.8, 4) is 0 Å². The van der Waals surface area contributed by atoms with Gasteiger partial charge in [0.05, 0.1) is 21.7 Å². The molecule has 3 rings (SSSR count). The molecule has 9 heteroatoms. The maximum atomic E-state index is 12.3. The lowest BCUT2D eigenvalue weighted by molar-refractivity contribution is -0.117. The van der Waals surface area contributed by atoms with Gasteiger partial charge in [-0.3, -0.25) is 9.69 Å². The monoisotopic (exact) mass is 410 g/mol. The third-order valence-corrected chi connectivity index (χ3v) is 6.92. The van der Waals surface area contributed by atoms with Crippen LogP contribution in [0.4, 0.5) is 5.13 Å². The summed E-state index contributed by atoms with van der Waals surface area (Å²) in [6.07, 6.45) is 5.47. The zero-order chi connectivity index (χ0) is 19.3. The Hall–Kier alpha value is -1.55. The van der Waals surface area contributed by atoms with Crippen LogP contribution < -0.4 is 10.0 Å². The molecule has 1 aliphatic heterocycles. The van der Waals surface area contributed by atoms with E-state index in [1.807, 2.05) is 6.92 Å². The molecule has 0 aliphatic carbocycles. The van der Waals surface area contributed by atoms with Crippen molar-refractivity contribution in [3.63, 3.8) is 0 Å². The van der Waals surface area contributed by atoms with E-state index in [-0.39, 0.29) is 10.8 Å². The highest BCUT2D eigenvalue weighted by Crippen LogP contribution is 2.28. The molecule has 1 amide bonds. The third kappa shape index (κ3) is 5.47. The fourth-order valence-electron chi connectivity index (χ4n) is 3.10. The number of hydrogen-bond donors (Lipinski definition) is 2. The van der Waals surface area contributed by atoms with Gasteiger partial charge >= 0.3 is 0 Å². The fourth-order valence-corrected chi connectivity index (χ4v) is 5.26. The first-order valence-electron chi connectivity index (χ1n) is 9.40. The average Bonchev–Trinajstić information content (AvgIpc) is 2.85. The molecule has 148 valence electrons. The number of nitrogens with zero attached hydrogens (tertiary/aromatic N) is 2. The molecule has 0 unspecified atom stereocenters. The van der Waals surface area contributed by atoms with Crippen molar-refractivity contribution in [2.75, 3.05) is 31.5 Å². The smallest absolute Gasteiger partial charge is 0.240 e. The summed E-state index contributed by atoms with van der Waals surface area (Å²) in [5, 5.41) is 3.35. The number of amides is 1. The van der Waals surface area contributed by atoms with Gasteiger partial charge in [0.15, 0.2) is 5.13 Å². The van der Waals surface area contributed by atoms with Crippen LogP contribution in [-0.4, -0.2) is 50.4 Å². The number of carbonyl (C=O) groups is 1. The molecular formula is C18H26N4O3S2. The molecule has 2 N–H and O–H groups in total. The van der Waals surface area contributed by atoms with Gasteiger partial charge in [0, 0.05) is 6.54 Å². The summed E-state index contributed by atoms with van der Waals surface area (Å²) in [7, 11) is -3.52. The third-order valence-electron chi connectivity index (χ3n) is 4.52. The lowest BCUT2D eigenvalue weighted by Gasteiger charge is -2.18. The standard InChI is InChI=1S/C18H26N4O3S2/c1-2-9-19-27(24,25)14-7-8-15-16(12-14)26-18(20-15)21-17(23)13-22-10-5-3-4-6-11-22/h7-8,12,19H,2-6,9-11,13H2,1H3,(H,20,21,23). The van der Waals surface area contributed by atoms with Crippen molar-refractivity contribution < 1.29 is 13.2 Å². The van der Waals surface area contributed by atoms with E-state index in [9.17, 15) is 13.2 Å². The Morgan fingerprint density at radius 3 is 2.67 bits per heavy atom. The van der Waals surface area contributed by atoms with Gasteiger partial charge in [0.25, 0.3) is 0 Å². The van der Waals surface area contributed by atoms with Gasteiger partial charge in [-0.2, -0.15) is 0 Å². The Balaban J connectivity index is 1.68. The van der Waals surface area contributed by atoms with Crippen LogP contribution >= 0.6 is 11.3 Å². The molecule has 0 atom stereocenters. The van der Waals surface area contributed by atoms with Gasteiger partial charge in [0.1, 0.15) is 0 Å². The summed E-state index contributed by atoms with van der Waals surface area (Å²) >= 11 is 1.29. The molecule has 7 nitrogen and oxygen atoms in total. The van der Waals surface area contributed by atoms with Crippen LogP contribution in [0.2, 0.25) is 0 Å². The van der Waals surface area contributed by atoms with E-state index >= 15 is 0 Å². The number of rotatable bonds is 7. The number of nitrogens with one attached hydrogen (secondary N) is 2. The minimum Gasteiger partial charge on any atom is -0.301 e. The van der Waals surface area contributed by atoms with Crippen molar-refractivity contribution in [2.24, 2.45) is 0 Å². The van der Waals surface area contributed by atoms with Crippen molar-refractivity contribution >= 4 is 42.6 Å². The zero-order valence-corrected chi connectivity index (χ0v) is 17.2. The van der Waals surface area contributed by atoms with Crippen LogP contribution in [0.25, 0.3) is 10.2 Å². The summed E-state index contributed by atoms with van der Waals surface area (Å²) in [6, 6.07) is 4.83. The Bertz CT molecular complexity index is 887. The number of carbonyl (C=O) groups excluding carboxylic acids is 1. The molecule has 0 spiro atoms. The van der Waals surface area contributed by atoms with Gasteiger partial charge in [-0.15, -0.1) is 0 Å². The number of thiazole rings is 1. The van der Waals surface area contributed by atoms with Gasteiger partial charge in [-0.25, -0.2) is 18.1 Å². The largest absolute Gasteiger partial charge is 0.301 e. The minimum atomic E-state index is -3.52. The lowest BCUT2D eigenvalue weighted by atomic mass is 10.2. The van der Waals surface area contributed by atoms with Crippen molar-refractivity contribution in [3.05, 3.63) is 18.2 Å². The van der Waals surface area contributed by atoms with Crippen molar-refractivity contribution in [1.29, 1.82) is 0 Å². The molecule has 0 saturated carbocycles. The quantitative estimate of drug-likeness (QED) is 0.732. The SMILES string of the molecule is CCCNS(=O)(=O)c1ccc2nc(NC(=O)CN3CCCCCC3)sc2c1. The molecule has 2 heterocycles. The molecule has 2 aromatic rings. The first-order chi connectivity index (χ1) is 13.0. The van der Waals surface area contributed by atoms with Gasteiger partial charge in [-0.05, 0) is 50.6 Å². The van der Waals surface area contributed by atoms with Crippen LogP contribution in [0.3, 0.4) is 0 Å². The zero-order valence-electron chi connectivity index (χ0n) is 15.5. The Morgan fingerprint density at radius 2 is 1.96 bits per heavy atom. The molecule has 0 bridgehead atoms. The van der Waals surface area contributed by atoms with Crippen LogP contribution in [0, 0.1) is 0 Å².